The molecule has 1 heterocycles. The molecule has 0 aromatic carbocycles. The number of hydrogen-bond donors (Lipinski definition) is 1. The Kier molecular flexibility index (Phi) is 2.52. The van der Waals surface area contributed by atoms with Crippen LogP contribution >= 0.6 is 0 Å². The summed E-state index contributed by atoms with van der Waals surface area (Å²) in [6.07, 6.45) is 3.05. The summed E-state index contributed by atoms with van der Waals surface area (Å²) in [4.78, 5) is 0. The van der Waals surface area contributed by atoms with Gasteiger partial charge in [-0.05, 0) is 19.3 Å². The van der Waals surface area contributed by atoms with Gasteiger partial charge in [-0.1, -0.05) is 0 Å². The number of piperidine rings is 1. The van der Waals surface area contributed by atoms with Gasteiger partial charge in [0.1, 0.15) is 17.7 Å². The van der Waals surface area contributed by atoms with Crippen LogP contribution in [0.2, 0.25) is 0 Å². The highest BCUT2D eigenvalue weighted by Gasteiger charge is 2.08. The molecule has 1 rings (SSSR count). The Bertz CT molecular complexity index is 227. The maximum Gasteiger partial charge on any atom is 0.148 e. The van der Waals surface area contributed by atoms with Crippen LogP contribution in [0.5, 0.6) is 0 Å². The van der Waals surface area contributed by atoms with Crippen LogP contribution < -0.4 is 5.32 Å². The highest BCUT2D eigenvalue weighted by molar-refractivity contribution is 5.39. The fraction of sp³-hybridized carbons (Fsp3) is 0.500. The SMILES string of the molecule is N#CC(C#N)=C1CCCCN1. The molecule has 0 atom stereocenters. The molecule has 0 amide bonds. The van der Waals surface area contributed by atoms with Crippen molar-refractivity contribution in [2.24, 2.45) is 0 Å². The third kappa shape index (κ3) is 1.72. The molecule has 11 heavy (non-hydrogen) atoms. The Balaban J connectivity index is 2.77. The topological polar surface area (TPSA) is 59.6 Å². The number of hydrogen-bond acceptors (Lipinski definition) is 3. The molecule has 1 fully saturated rings. The van der Waals surface area contributed by atoms with Gasteiger partial charge >= 0.3 is 0 Å². The van der Waals surface area contributed by atoms with Crippen molar-refractivity contribution in [3.63, 3.8) is 0 Å². The Morgan fingerprint density at radius 3 is 2.45 bits per heavy atom. The van der Waals surface area contributed by atoms with Gasteiger partial charge in [0.2, 0.25) is 0 Å². The average Bonchev–Trinajstić information content (AvgIpc) is 2.09. The van der Waals surface area contributed by atoms with E-state index < -0.39 is 0 Å². The minimum atomic E-state index is 0.240. The molecule has 0 aliphatic carbocycles. The lowest BCUT2D eigenvalue weighted by Crippen LogP contribution is -2.21. The fourth-order valence-electron chi connectivity index (χ4n) is 1.13. The van der Waals surface area contributed by atoms with Crippen molar-refractivity contribution in [3.05, 3.63) is 11.3 Å². The van der Waals surface area contributed by atoms with Crippen molar-refractivity contribution in [2.45, 2.75) is 19.3 Å². The smallest absolute Gasteiger partial charge is 0.148 e. The van der Waals surface area contributed by atoms with E-state index in [4.69, 9.17) is 10.5 Å². The summed E-state index contributed by atoms with van der Waals surface area (Å²) in [5, 5.41) is 20.1. The molecule has 0 radical (unpaired) electrons. The zero-order chi connectivity index (χ0) is 8.10. The van der Waals surface area contributed by atoms with Crippen LogP contribution in [-0.2, 0) is 0 Å². The molecule has 0 saturated carbocycles. The molecule has 0 unspecified atom stereocenters. The predicted molar refractivity (Wildman–Crippen MR) is 40.1 cm³/mol. The van der Waals surface area contributed by atoms with Crippen LogP contribution in [0.25, 0.3) is 0 Å². The van der Waals surface area contributed by atoms with Gasteiger partial charge in [0.25, 0.3) is 0 Å². The van der Waals surface area contributed by atoms with Crippen molar-refractivity contribution in [2.75, 3.05) is 6.54 Å². The third-order valence-corrected chi connectivity index (χ3v) is 1.72. The highest BCUT2D eigenvalue weighted by Crippen LogP contribution is 2.13. The molecule has 0 aromatic heterocycles. The van der Waals surface area contributed by atoms with Crippen molar-refractivity contribution in [1.82, 2.24) is 5.32 Å². The molecule has 0 spiro atoms. The summed E-state index contributed by atoms with van der Waals surface area (Å²) in [6, 6.07) is 3.75. The average molecular weight is 147 g/mol. The van der Waals surface area contributed by atoms with E-state index in [1.165, 1.54) is 0 Å². The molecule has 3 heteroatoms. The van der Waals surface area contributed by atoms with E-state index in [0.717, 1.165) is 31.5 Å². The molecule has 1 saturated heterocycles. The molecule has 56 valence electrons. The van der Waals surface area contributed by atoms with E-state index in [1.807, 2.05) is 12.1 Å². The van der Waals surface area contributed by atoms with E-state index >= 15 is 0 Å². The highest BCUT2D eigenvalue weighted by atomic mass is 14.9. The lowest BCUT2D eigenvalue weighted by molar-refractivity contribution is 0.585. The lowest BCUT2D eigenvalue weighted by atomic mass is 10.1. The molecular weight excluding hydrogens is 138 g/mol. The minimum Gasteiger partial charge on any atom is -0.387 e. The van der Waals surface area contributed by atoms with Gasteiger partial charge in [0.15, 0.2) is 0 Å². The number of rotatable bonds is 0. The van der Waals surface area contributed by atoms with Gasteiger partial charge in [-0.15, -0.1) is 0 Å². The first-order chi connectivity index (χ1) is 5.38. The van der Waals surface area contributed by atoms with Crippen LogP contribution in [0.3, 0.4) is 0 Å². The number of nitriles is 2. The first-order valence-corrected chi connectivity index (χ1v) is 3.65. The van der Waals surface area contributed by atoms with Crippen molar-refractivity contribution in [1.29, 1.82) is 10.5 Å². The van der Waals surface area contributed by atoms with Crippen molar-refractivity contribution < 1.29 is 0 Å². The molecule has 1 aliphatic rings. The fourth-order valence-corrected chi connectivity index (χ4v) is 1.13. The largest absolute Gasteiger partial charge is 0.387 e. The van der Waals surface area contributed by atoms with Crippen LogP contribution in [0.4, 0.5) is 0 Å². The summed E-state index contributed by atoms with van der Waals surface area (Å²) in [7, 11) is 0. The summed E-state index contributed by atoms with van der Waals surface area (Å²) < 4.78 is 0. The van der Waals surface area contributed by atoms with Gasteiger partial charge < -0.3 is 5.32 Å². The van der Waals surface area contributed by atoms with Gasteiger partial charge in [-0.3, -0.25) is 0 Å². The first-order valence-electron chi connectivity index (χ1n) is 3.65. The molecule has 0 bridgehead atoms. The Labute approximate surface area is 65.9 Å². The second-order valence-electron chi connectivity index (χ2n) is 2.46. The monoisotopic (exact) mass is 147 g/mol. The van der Waals surface area contributed by atoms with Crippen molar-refractivity contribution in [3.8, 4) is 12.1 Å². The molecule has 0 aromatic rings. The minimum absolute atomic E-state index is 0.240. The Hall–Kier alpha value is -1.48. The van der Waals surface area contributed by atoms with Crippen molar-refractivity contribution >= 4 is 0 Å². The van der Waals surface area contributed by atoms with Gasteiger partial charge in [-0.2, -0.15) is 10.5 Å². The van der Waals surface area contributed by atoms with Gasteiger partial charge in [-0.25, -0.2) is 0 Å². The van der Waals surface area contributed by atoms with E-state index in [2.05, 4.69) is 5.32 Å². The molecule has 1 N–H and O–H groups in total. The summed E-state index contributed by atoms with van der Waals surface area (Å²) in [5.74, 6) is 0. The summed E-state index contributed by atoms with van der Waals surface area (Å²) in [6.45, 7) is 0.891. The third-order valence-electron chi connectivity index (χ3n) is 1.72. The van der Waals surface area contributed by atoms with E-state index in [1.54, 1.807) is 0 Å². The number of nitrogens with zero attached hydrogens (tertiary/aromatic N) is 2. The lowest BCUT2D eigenvalue weighted by Gasteiger charge is -2.15. The molecular formula is C8H9N3. The van der Waals surface area contributed by atoms with Crippen LogP contribution in [0.1, 0.15) is 19.3 Å². The Morgan fingerprint density at radius 2 is 2.00 bits per heavy atom. The first kappa shape index (κ1) is 7.63. The molecule has 1 aliphatic heterocycles. The molecule has 3 nitrogen and oxygen atoms in total. The predicted octanol–water partition coefficient (Wildman–Crippen LogP) is 1.06. The zero-order valence-corrected chi connectivity index (χ0v) is 6.22. The Morgan fingerprint density at radius 1 is 1.27 bits per heavy atom. The van der Waals surface area contributed by atoms with Crippen LogP contribution in [0, 0.1) is 22.7 Å². The summed E-state index contributed by atoms with van der Waals surface area (Å²) in [5.41, 5.74) is 1.06. The van der Waals surface area contributed by atoms with Crippen LogP contribution in [-0.4, -0.2) is 6.54 Å². The van der Waals surface area contributed by atoms with Gasteiger partial charge in [0.05, 0.1) is 0 Å². The summed E-state index contributed by atoms with van der Waals surface area (Å²) >= 11 is 0. The van der Waals surface area contributed by atoms with Gasteiger partial charge in [0, 0.05) is 12.2 Å². The number of allylic oxidation sites excluding steroid dienone is 2. The maximum atomic E-state index is 8.51. The second-order valence-corrected chi connectivity index (χ2v) is 2.46. The maximum absolute atomic E-state index is 8.51. The second kappa shape index (κ2) is 3.63. The normalized spacial score (nSPS) is 16.0. The van der Waals surface area contributed by atoms with Crippen LogP contribution in [0.15, 0.2) is 11.3 Å². The quantitative estimate of drug-likeness (QED) is 0.521. The zero-order valence-electron chi connectivity index (χ0n) is 6.22. The van der Waals surface area contributed by atoms with E-state index in [0.29, 0.717) is 0 Å². The van der Waals surface area contributed by atoms with E-state index in [-0.39, 0.29) is 5.57 Å². The van der Waals surface area contributed by atoms with E-state index in [9.17, 15) is 0 Å². The standard InChI is InChI=1S/C8H9N3/c9-5-7(6-10)8-3-1-2-4-11-8/h11H,1-4H2. The number of nitrogens with one attached hydrogen (secondary N) is 1.